The highest BCUT2D eigenvalue weighted by molar-refractivity contribution is 9.10. The average Bonchev–Trinajstić information content (AvgIpc) is 2.07. The van der Waals surface area contributed by atoms with Gasteiger partial charge in [-0.05, 0) is 22.0 Å². The van der Waals surface area contributed by atoms with Gasteiger partial charge in [0.05, 0.1) is 5.56 Å². The first-order valence-electron chi connectivity index (χ1n) is 3.49. The van der Waals surface area contributed by atoms with Crippen molar-refractivity contribution in [2.24, 2.45) is 0 Å². The maximum Gasteiger partial charge on any atom is 0.458 e. The van der Waals surface area contributed by atoms with Crippen LogP contribution in [0.1, 0.15) is 5.56 Å². The molecular weight excluding hydrogens is 289 g/mol. The fraction of sp³-hybridized carbons (Fsp3) is 0.286. The van der Waals surface area contributed by atoms with E-state index in [1.54, 1.807) is 4.98 Å². The molecule has 0 bridgehead atoms. The number of halogens is 6. The molecule has 0 saturated heterocycles. The number of rotatable bonds is 1. The normalized spacial score (nSPS) is 12.9. The molecule has 0 amide bonds. The van der Waals surface area contributed by atoms with Gasteiger partial charge < -0.3 is 4.98 Å². The van der Waals surface area contributed by atoms with Crippen LogP contribution in [0.25, 0.3) is 0 Å². The Kier molecular flexibility index (Phi) is 2.90. The molecule has 1 aromatic rings. The maximum absolute atomic E-state index is 12.7. The van der Waals surface area contributed by atoms with Crippen LogP contribution in [0.2, 0.25) is 0 Å². The van der Waals surface area contributed by atoms with Crippen LogP contribution in [0.4, 0.5) is 22.0 Å². The van der Waals surface area contributed by atoms with E-state index in [2.05, 4.69) is 15.9 Å². The van der Waals surface area contributed by atoms with Crippen LogP contribution >= 0.6 is 15.9 Å². The Bertz CT molecular complexity index is 424. The Morgan fingerprint density at radius 3 is 2.20 bits per heavy atom. The number of nitrogens with one attached hydrogen (secondary N) is 1. The monoisotopic (exact) mass is 291 g/mol. The van der Waals surface area contributed by atoms with E-state index in [4.69, 9.17) is 0 Å². The van der Waals surface area contributed by atoms with E-state index in [9.17, 15) is 26.7 Å². The van der Waals surface area contributed by atoms with Crippen molar-refractivity contribution in [2.75, 3.05) is 0 Å². The summed E-state index contributed by atoms with van der Waals surface area (Å²) in [6.07, 6.45) is -4.82. The Morgan fingerprint density at radius 1 is 1.20 bits per heavy atom. The lowest BCUT2D eigenvalue weighted by atomic mass is 10.1. The van der Waals surface area contributed by atoms with Crippen LogP contribution in [0.5, 0.6) is 0 Å². The molecule has 1 heterocycles. The summed E-state index contributed by atoms with van der Waals surface area (Å²) in [7, 11) is 0. The second-order valence-corrected chi connectivity index (χ2v) is 3.55. The summed E-state index contributed by atoms with van der Waals surface area (Å²) < 4.78 is 61.1. The molecule has 0 unspecified atom stereocenters. The molecule has 0 spiro atoms. The van der Waals surface area contributed by atoms with Crippen molar-refractivity contribution >= 4 is 15.9 Å². The zero-order chi connectivity index (χ0) is 11.9. The molecule has 84 valence electrons. The fourth-order valence-electron chi connectivity index (χ4n) is 0.843. The zero-order valence-electron chi connectivity index (χ0n) is 6.83. The van der Waals surface area contributed by atoms with E-state index < -0.39 is 23.2 Å². The highest BCUT2D eigenvalue weighted by atomic mass is 79.9. The number of pyridine rings is 1. The van der Waals surface area contributed by atoms with Crippen molar-refractivity contribution in [3.8, 4) is 0 Å². The van der Waals surface area contributed by atoms with Crippen molar-refractivity contribution in [1.82, 2.24) is 4.98 Å². The van der Waals surface area contributed by atoms with Crippen LogP contribution < -0.4 is 5.56 Å². The molecule has 0 aromatic carbocycles. The van der Waals surface area contributed by atoms with Crippen molar-refractivity contribution in [1.29, 1.82) is 0 Å². The van der Waals surface area contributed by atoms with Gasteiger partial charge in [-0.15, -0.1) is 0 Å². The van der Waals surface area contributed by atoms with Crippen molar-refractivity contribution < 1.29 is 22.0 Å². The number of hydrogen-bond acceptors (Lipinski definition) is 1. The minimum atomic E-state index is -5.79. The molecule has 0 aliphatic rings. The number of aromatic amines is 1. The first-order valence-corrected chi connectivity index (χ1v) is 4.29. The summed E-state index contributed by atoms with van der Waals surface area (Å²) in [5.41, 5.74) is -3.11. The lowest BCUT2D eigenvalue weighted by molar-refractivity contribution is -0.289. The van der Waals surface area contributed by atoms with Gasteiger partial charge in [-0.25, -0.2) is 0 Å². The topological polar surface area (TPSA) is 32.9 Å². The first kappa shape index (κ1) is 12.2. The Morgan fingerprint density at radius 2 is 1.73 bits per heavy atom. The third kappa shape index (κ3) is 2.19. The molecule has 0 aliphatic heterocycles. The van der Waals surface area contributed by atoms with E-state index in [0.717, 1.165) is 6.20 Å². The van der Waals surface area contributed by atoms with Crippen LogP contribution in [-0.2, 0) is 5.92 Å². The largest absolute Gasteiger partial charge is 0.458 e. The van der Waals surface area contributed by atoms with E-state index in [-0.39, 0.29) is 4.47 Å². The molecule has 1 N–H and O–H groups in total. The molecule has 1 rings (SSSR count). The van der Waals surface area contributed by atoms with Gasteiger partial charge >= 0.3 is 12.1 Å². The fourth-order valence-corrected chi connectivity index (χ4v) is 1.19. The molecule has 2 nitrogen and oxygen atoms in total. The second kappa shape index (κ2) is 3.58. The third-order valence-electron chi connectivity index (χ3n) is 1.56. The third-order valence-corrected chi connectivity index (χ3v) is 2.02. The number of aromatic nitrogens is 1. The van der Waals surface area contributed by atoms with Gasteiger partial charge in [0, 0.05) is 10.7 Å². The lowest BCUT2D eigenvalue weighted by Crippen LogP contribution is -2.38. The van der Waals surface area contributed by atoms with Gasteiger partial charge in [0.1, 0.15) is 0 Å². The second-order valence-electron chi connectivity index (χ2n) is 2.63. The Hall–Kier alpha value is -0.920. The molecular formula is C7H3BrF5NO. The van der Waals surface area contributed by atoms with Gasteiger partial charge in [-0.1, -0.05) is 0 Å². The van der Waals surface area contributed by atoms with Crippen LogP contribution in [0.15, 0.2) is 21.5 Å². The molecule has 0 fully saturated rings. The molecule has 8 heteroatoms. The van der Waals surface area contributed by atoms with Gasteiger partial charge in [-0.3, -0.25) is 4.79 Å². The summed E-state index contributed by atoms with van der Waals surface area (Å²) >= 11 is 2.68. The van der Waals surface area contributed by atoms with Crippen molar-refractivity contribution in [3.05, 3.63) is 32.7 Å². The lowest BCUT2D eigenvalue weighted by Gasteiger charge is -2.18. The zero-order valence-corrected chi connectivity index (χ0v) is 8.42. The Labute approximate surface area is 88.2 Å². The van der Waals surface area contributed by atoms with Crippen molar-refractivity contribution in [2.45, 2.75) is 12.1 Å². The van der Waals surface area contributed by atoms with E-state index in [1.807, 2.05) is 0 Å². The van der Waals surface area contributed by atoms with Crippen LogP contribution in [0.3, 0.4) is 0 Å². The van der Waals surface area contributed by atoms with E-state index in [1.165, 1.54) is 0 Å². The minimum absolute atomic E-state index is 0.0685. The predicted molar refractivity (Wildman–Crippen MR) is 44.7 cm³/mol. The van der Waals surface area contributed by atoms with Gasteiger partial charge in [-0.2, -0.15) is 22.0 Å². The summed E-state index contributed by atoms with van der Waals surface area (Å²) in [5, 5.41) is 0. The molecule has 0 aliphatic carbocycles. The highest BCUT2D eigenvalue weighted by Gasteiger charge is 2.60. The molecule has 0 radical (unpaired) electrons. The molecule has 1 aromatic heterocycles. The van der Waals surface area contributed by atoms with Gasteiger partial charge in [0.25, 0.3) is 5.56 Å². The predicted octanol–water partition coefficient (Wildman–Crippen LogP) is 2.79. The SMILES string of the molecule is O=c1[nH]cc(Br)cc1C(F)(F)C(F)(F)F. The quantitative estimate of drug-likeness (QED) is 0.793. The molecule has 0 saturated carbocycles. The molecule has 15 heavy (non-hydrogen) atoms. The van der Waals surface area contributed by atoms with E-state index in [0.29, 0.717) is 6.07 Å². The van der Waals surface area contributed by atoms with E-state index >= 15 is 0 Å². The number of H-pyrrole nitrogens is 1. The maximum atomic E-state index is 12.7. The number of hydrogen-bond donors (Lipinski definition) is 1. The van der Waals surface area contributed by atoms with Gasteiger partial charge in [0.15, 0.2) is 0 Å². The van der Waals surface area contributed by atoms with Crippen molar-refractivity contribution in [3.63, 3.8) is 0 Å². The number of alkyl halides is 5. The highest BCUT2D eigenvalue weighted by Crippen LogP contribution is 2.42. The average molecular weight is 292 g/mol. The summed E-state index contributed by atoms with van der Waals surface area (Å²) in [4.78, 5) is 12.6. The summed E-state index contributed by atoms with van der Waals surface area (Å²) in [6, 6.07) is 0.437. The first-order chi connectivity index (χ1) is 6.66. The summed E-state index contributed by atoms with van der Waals surface area (Å²) in [5.74, 6) is -5.16. The Balaban J connectivity index is 3.39. The smallest absolute Gasteiger partial charge is 0.328 e. The molecule has 0 atom stereocenters. The summed E-state index contributed by atoms with van der Waals surface area (Å²) in [6.45, 7) is 0. The van der Waals surface area contributed by atoms with Gasteiger partial charge in [0.2, 0.25) is 0 Å². The standard InChI is InChI=1S/C7H3BrF5NO/c8-3-1-4(5(15)14-2-3)6(9,10)7(11,12)13/h1-2H,(H,14,15). The van der Waals surface area contributed by atoms with Crippen LogP contribution in [0, 0.1) is 0 Å². The minimum Gasteiger partial charge on any atom is -0.328 e. The van der Waals surface area contributed by atoms with Crippen LogP contribution in [-0.4, -0.2) is 11.2 Å².